The molecule has 4 rings (SSSR count). The molecular formula is C22H23FN2O2S2. The molecule has 1 fully saturated rings. The minimum Gasteiger partial charge on any atom is -0.467 e. The van der Waals surface area contributed by atoms with E-state index in [0.717, 1.165) is 28.0 Å². The molecule has 1 amide bonds. The Labute approximate surface area is 178 Å². The maximum absolute atomic E-state index is 13.8. The molecule has 7 heteroatoms. The Kier molecular flexibility index (Phi) is 6.06. The molecule has 2 heterocycles. The number of hydrogen-bond acceptors (Lipinski definition) is 5. The van der Waals surface area contributed by atoms with E-state index in [9.17, 15) is 9.18 Å². The van der Waals surface area contributed by atoms with E-state index in [2.05, 4.69) is 18.8 Å². The van der Waals surface area contributed by atoms with Crippen molar-refractivity contribution in [1.82, 2.24) is 9.88 Å². The third kappa shape index (κ3) is 4.73. The summed E-state index contributed by atoms with van der Waals surface area (Å²) in [7, 11) is 0. The first-order valence-corrected chi connectivity index (χ1v) is 11.5. The maximum Gasteiger partial charge on any atom is 0.274 e. The summed E-state index contributed by atoms with van der Waals surface area (Å²) in [6.45, 7) is 5.57. The van der Waals surface area contributed by atoms with Crippen molar-refractivity contribution in [1.29, 1.82) is 0 Å². The lowest BCUT2D eigenvalue weighted by Crippen LogP contribution is -2.41. The van der Waals surface area contributed by atoms with Crippen LogP contribution in [-0.2, 0) is 0 Å². The summed E-state index contributed by atoms with van der Waals surface area (Å²) in [5.41, 5.74) is 1.09. The first kappa shape index (κ1) is 20.2. The van der Waals surface area contributed by atoms with Gasteiger partial charge in [-0.3, -0.25) is 4.79 Å². The van der Waals surface area contributed by atoms with Crippen LogP contribution < -0.4 is 4.74 Å². The van der Waals surface area contributed by atoms with Gasteiger partial charge >= 0.3 is 0 Å². The number of halogens is 1. The molecule has 0 N–H and O–H groups in total. The van der Waals surface area contributed by atoms with Gasteiger partial charge in [0.25, 0.3) is 11.1 Å². The third-order valence-electron chi connectivity index (χ3n) is 4.80. The molecule has 2 aromatic carbocycles. The van der Waals surface area contributed by atoms with Crippen LogP contribution in [0.15, 0.2) is 47.4 Å². The number of aromatic nitrogens is 1. The number of benzene rings is 2. The van der Waals surface area contributed by atoms with Gasteiger partial charge in [0.1, 0.15) is 17.4 Å². The zero-order valence-electron chi connectivity index (χ0n) is 16.4. The number of ether oxygens (including phenoxy) is 1. The maximum atomic E-state index is 13.8. The number of hydrogen-bond donors (Lipinski definition) is 0. The Bertz CT molecular complexity index is 1010. The van der Waals surface area contributed by atoms with E-state index in [4.69, 9.17) is 4.74 Å². The number of rotatable bonds is 5. The van der Waals surface area contributed by atoms with Gasteiger partial charge in [0.05, 0.1) is 4.70 Å². The fourth-order valence-electron chi connectivity index (χ4n) is 3.42. The van der Waals surface area contributed by atoms with Gasteiger partial charge < -0.3 is 9.64 Å². The highest BCUT2D eigenvalue weighted by molar-refractivity contribution is 7.99. The zero-order chi connectivity index (χ0) is 20.4. The largest absolute Gasteiger partial charge is 0.467 e. The van der Waals surface area contributed by atoms with Crippen LogP contribution in [0.2, 0.25) is 0 Å². The van der Waals surface area contributed by atoms with E-state index in [1.807, 2.05) is 35.2 Å². The second-order valence-electron chi connectivity index (χ2n) is 7.37. The van der Waals surface area contributed by atoms with Crippen molar-refractivity contribution in [2.75, 3.05) is 13.1 Å². The molecule has 1 aromatic heterocycles. The molecule has 0 spiro atoms. The Morgan fingerprint density at radius 3 is 2.72 bits per heavy atom. The Morgan fingerprint density at radius 1 is 1.24 bits per heavy atom. The molecule has 152 valence electrons. The fourth-order valence-corrected chi connectivity index (χ4v) is 5.21. The van der Waals surface area contributed by atoms with Gasteiger partial charge in [0.2, 0.25) is 0 Å². The molecule has 4 nitrogen and oxygen atoms in total. The molecule has 0 unspecified atom stereocenters. The normalized spacial score (nSPS) is 15.2. The molecular weight excluding hydrogens is 407 g/mol. The fraction of sp³-hybridized carbons (Fsp3) is 0.364. The molecule has 1 aliphatic rings. The van der Waals surface area contributed by atoms with Gasteiger partial charge in [0, 0.05) is 41.6 Å². The summed E-state index contributed by atoms with van der Waals surface area (Å²) in [4.78, 5) is 20.2. The highest BCUT2D eigenvalue weighted by Gasteiger charge is 2.26. The average molecular weight is 431 g/mol. The number of thiazole rings is 1. The van der Waals surface area contributed by atoms with Crippen LogP contribution in [0.25, 0.3) is 10.2 Å². The van der Waals surface area contributed by atoms with Crippen LogP contribution in [-0.4, -0.2) is 40.2 Å². The standard InChI is InChI=1S/C22H23FN2O2S2/c1-14(2)28-17-6-3-5-15(13-17)21(26)25-11-9-16(10-12-25)27-22-24-20-18(23)7-4-8-19(20)29-22/h3-8,13-14,16H,9-12H2,1-2H3. The molecule has 3 aromatic rings. The van der Waals surface area contributed by atoms with Crippen molar-refractivity contribution in [3.8, 4) is 5.19 Å². The number of thioether (sulfide) groups is 1. The molecule has 1 saturated heterocycles. The van der Waals surface area contributed by atoms with Crippen molar-refractivity contribution in [2.24, 2.45) is 0 Å². The van der Waals surface area contributed by atoms with Crippen LogP contribution >= 0.6 is 23.1 Å². The van der Waals surface area contributed by atoms with Gasteiger partial charge in [0.15, 0.2) is 0 Å². The molecule has 0 radical (unpaired) electrons. The third-order valence-corrected chi connectivity index (χ3v) is 6.71. The molecule has 1 aliphatic heterocycles. The first-order valence-electron chi connectivity index (χ1n) is 9.77. The molecule has 0 bridgehead atoms. The number of carbonyl (C=O) groups excluding carboxylic acids is 1. The lowest BCUT2D eigenvalue weighted by atomic mass is 10.1. The van der Waals surface area contributed by atoms with E-state index in [1.54, 1.807) is 17.8 Å². The lowest BCUT2D eigenvalue weighted by Gasteiger charge is -2.31. The highest BCUT2D eigenvalue weighted by Crippen LogP contribution is 2.31. The number of likely N-dealkylation sites (tertiary alicyclic amines) is 1. The van der Waals surface area contributed by atoms with E-state index in [1.165, 1.54) is 17.4 Å². The van der Waals surface area contributed by atoms with Crippen LogP contribution in [0.1, 0.15) is 37.0 Å². The minimum absolute atomic E-state index is 0.00879. The Balaban J connectivity index is 1.36. The number of para-hydroxylation sites is 1. The summed E-state index contributed by atoms with van der Waals surface area (Å²) in [5, 5.41) is 0.970. The van der Waals surface area contributed by atoms with E-state index in [-0.39, 0.29) is 17.8 Å². The van der Waals surface area contributed by atoms with E-state index < -0.39 is 0 Å². The van der Waals surface area contributed by atoms with Gasteiger partial charge in [-0.05, 0) is 30.3 Å². The molecule has 0 atom stereocenters. The second-order valence-corrected chi connectivity index (χ2v) is 10.0. The summed E-state index contributed by atoms with van der Waals surface area (Å²) in [5.74, 6) is -0.261. The van der Waals surface area contributed by atoms with Crippen molar-refractivity contribution in [3.05, 3.63) is 53.8 Å². The first-order chi connectivity index (χ1) is 14.0. The highest BCUT2D eigenvalue weighted by atomic mass is 32.2. The van der Waals surface area contributed by atoms with Gasteiger partial charge in [-0.1, -0.05) is 37.3 Å². The average Bonchev–Trinajstić information content (AvgIpc) is 3.12. The van der Waals surface area contributed by atoms with Gasteiger partial charge in [-0.25, -0.2) is 4.39 Å². The number of nitrogens with zero attached hydrogens (tertiary/aromatic N) is 2. The van der Waals surface area contributed by atoms with Crippen molar-refractivity contribution < 1.29 is 13.9 Å². The monoisotopic (exact) mass is 430 g/mol. The summed E-state index contributed by atoms with van der Waals surface area (Å²) in [6.07, 6.45) is 1.47. The molecule has 0 aliphatic carbocycles. The molecule has 0 saturated carbocycles. The zero-order valence-corrected chi connectivity index (χ0v) is 18.1. The predicted octanol–water partition coefficient (Wildman–Crippen LogP) is 5.62. The topological polar surface area (TPSA) is 42.4 Å². The Morgan fingerprint density at radius 2 is 2.00 bits per heavy atom. The van der Waals surface area contributed by atoms with Crippen LogP contribution in [0.4, 0.5) is 4.39 Å². The smallest absolute Gasteiger partial charge is 0.274 e. The predicted molar refractivity (Wildman–Crippen MR) is 117 cm³/mol. The van der Waals surface area contributed by atoms with E-state index in [0.29, 0.717) is 29.0 Å². The number of fused-ring (bicyclic) bond motifs is 1. The Hall–Kier alpha value is -2.12. The molecule has 29 heavy (non-hydrogen) atoms. The van der Waals surface area contributed by atoms with Crippen molar-refractivity contribution in [2.45, 2.75) is 42.9 Å². The van der Waals surface area contributed by atoms with Crippen molar-refractivity contribution >= 4 is 39.2 Å². The summed E-state index contributed by atoms with van der Waals surface area (Å²) < 4.78 is 20.6. The SMILES string of the molecule is CC(C)Sc1cccc(C(=O)N2CCC(Oc3nc4c(F)cccc4s3)CC2)c1. The van der Waals surface area contributed by atoms with Gasteiger partial charge in [-0.15, -0.1) is 11.8 Å². The summed E-state index contributed by atoms with van der Waals surface area (Å²) >= 11 is 3.12. The lowest BCUT2D eigenvalue weighted by molar-refractivity contribution is 0.0595. The summed E-state index contributed by atoms with van der Waals surface area (Å²) in [6, 6.07) is 12.8. The number of piperidine rings is 1. The van der Waals surface area contributed by atoms with E-state index >= 15 is 0 Å². The minimum atomic E-state index is -0.327. The quantitative estimate of drug-likeness (QED) is 0.493. The number of amides is 1. The van der Waals surface area contributed by atoms with Gasteiger partial charge in [-0.2, -0.15) is 4.98 Å². The second kappa shape index (κ2) is 8.71. The van der Waals surface area contributed by atoms with Crippen LogP contribution in [0.5, 0.6) is 5.19 Å². The number of carbonyl (C=O) groups is 1. The van der Waals surface area contributed by atoms with Crippen molar-refractivity contribution in [3.63, 3.8) is 0 Å². The van der Waals surface area contributed by atoms with Crippen LogP contribution in [0.3, 0.4) is 0 Å². The van der Waals surface area contributed by atoms with Crippen LogP contribution in [0, 0.1) is 5.82 Å².